The fourth-order valence-electron chi connectivity index (χ4n) is 4.52. The molecule has 0 atom stereocenters. The minimum atomic E-state index is -0.125. The number of aliphatic hydroxyl groups excluding tert-OH is 1. The van der Waals surface area contributed by atoms with E-state index in [1.807, 2.05) is 49.4 Å². The van der Waals surface area contributed by atoms with Crippen LogP contribution in [-0.2, 0) is 24.9 Å². The quantitative estimate of drug-likeness (QED) is 0.114. The molecule has 39 heavy (non-hydrogen) atoms. The van der Waals surface area contributed by atoms with Gasteiger partial charge in [-0.2, -0.15) is 0 Å². The summed E-state index contributed by atoms with van der Waals surface area (Å²) in [6, 6.07) is 23.7. The van der Waals surface area contributed by atoms with Gasteiger partial charge in [0.1, 0.15) is 5.76 Å². The van der Waals surface area contributed by atoms with Crippen molar-refractivity contribution in [1.29, 1.82) is 0 Å². The van der Waals surface area contributed by atoms with Gasteiger partial charge in [-0.25, -0.2) is 4.98 Å². The Morgan fingerprint density at radius 1 is 0.872 bits per heavy atom. The number of pyridine rings is 2. The first-order valence-corrected chi connectivity index (χ1v) is 12.3. The molecule has 0 saturated heterocycles. The summed E-state index contributed by atoms with van der Waals surface area (Å²) < 4.78 is 12.3. The van der Waals surface area contributed by atoms with E-state index in [1.54, 1.807) is 0 Å². The molecule has 7 heteroatoms. The number of nitrogens with zero attached hydrogens (tertiary/aromatic N) is 2. The smallest absolute Gasteiger partial charge is 0.217 e. The monoisotopic (exact) mass is 696 g/mol. The first-order valence-electron chi connectivity index (χ1n) is 12.3. The molecule has 0 fully saturated rings. The van der Waals surface area contributed by atoms with Crippen molar-refractivity contribution in [3.05, 3.63) is 95.4 Å². The van der Waals surface area contributed by atoms with Gasteiger partial charge >= 0.3 is 0 Å². The molecule has 2 aromatic carbocycles. The molecule has 6 rings (SSSR count). The van der Waals surface area contributed by atoms with E-state index in [0.717, 1.165) is 50.0 Å². The molecule has 0 bridgehead atoms. The summed E-state index contributed by atoms with van der Waals surface area (Å²) in [5, 5.41) is 11.3. The molecule has 6 aromatic rings. The maximum Gasteiger partial charge on any atom is 0.217 e. The van der Waals surface area contributed by atoms with Crippen LogP contribution in [0.1, 0.15) is 30.7 Å². The number of hydrogen-bond donors (Lipinski definition) is 1. The SMILES string of the molecule is CC(=O)/C=C(/C)O.Cc1cc(C)cc(-c2cc3ccc(-c4[c-]ccc5c4oc4nc(C)ccc45)nc3o2)c1.[Ir]. The second-order valence-corrected chi connectivity index (χ2v) is 9.48. The van der Waals surface area contributed by atoms with Gasteiger partial charge in [0.25, 0.3) is 0 Å². The molecule has 0 aliphatic heterocycles. The van der Waals surface area contributed by atoms with E-state index in [-0.39, 0.29) is 31.6 Å². The second-order valence-electron chi connectivity index (χ2n) is 9.48. The molecule has 4 heterocycles. The van der Waals surface area contributed by atoms with Crippen LogP contribution in [-0.4, -0.2) is 20.9 Å². The van der Waals surface area contributed by atoms with Crippen LogP contribution < -0.4 is 0 Å². The summed E-state index contributed by atoms with van der Waals surface area (Å²) in [7, 11) is 0. The number of aliphatic hydroxyl groups is 1. The number of hydrogen-bond acceptors (Lipinski definition) is 6. The molecule has 199 valence electrons. The van der Waals surface area contributed by atoms with Gasteiger partial charge in [-0.15, -0.1) is 18.2 Å². The van der Waals surface area contributed by atoms with E-state index in [1.165, 1.54) is 31.1 Å². The number of fused-ring (bicyclic) bond motifs is 4. The molecule has 0 spiro atoms. The molecule has 4 aromatic heterocycles. The zero-order valence-electron chi connectivity index (χ0n) is 22.3. The normalized spacial score (nSPS) is 11.4. The number of ketones is 1. The van der Waals surface area contributed by atoms with E-state index in [2.05, 4.69) is 43.1 Å². The molecule has 6 nitrogen and oxygen atoms in total. The maximum absolute atomic E-state index is 10.0. The molecule has 0 unspecified atom stereocenters. The van der Waals surface area contributed by atoms with Crippen LogP contribution in [0.25, 0.3) is 55.7 Å². The average molecular weight is 696 g/mol. The van der Waals surface area contributed by atoms with Gasteiger partial charge in [-0.3, -0.25) is 9.78 Å². The predicted molar refractivity (Wildman–Crippen MR) is 150 cm³/mol. The number of aromatic nitrogens is 2. The van der Waals surface area contributed by atoms with Crippen molar-refractivity contribution in [3.8, 4) is 22.6 Å². The number of aryl methyl sites for hydroxylation is 3. The Labute approximate surface area is 239 Å². The largest absolute Gasteiger partial charge is 0.512 e. The van der Waals surface area contributed by atoms with Crippen molar-refractivity contribution in [1.82, 2.24) is 9.97 Å². The van der Waals surface area contributed by atoms with Gasteiger partial charge in [0.2, 0.25) is 11.4 Å². The number of allylic oxidation sites excluding steroid dienone is 2. The Balaban J connectivity index is 0.000000394. The molecular weight excluding hydrogens is 669 g/mol. The minimum Gasteiger partial charge on any atom is -0.512 e. The van der Waals surface area contributed by atoms with Gasteiger partial charge in [0.15, 0.2) is 5.78 Å². The summed E-state index contributed by atoms with van der Waals surface area (Å²) >= 11 is 0. The van der Waals surface area contributed by atoms with Gasteiger partial charge in [-0.1, -0.05) is 40.3 Å². The third-order valence-corrected chi connectivity index (χ3v) is 6.00. The standard InChI is InChI=1S/C27H19N2O2.C5H8O2.Ir/c1-15-11-16(2)13-19(12-15)24-14-18-8-10-23(29-26(18)30-24)22-6-4-5-20-21-9-7-17(3)28-27(21)31-25(20)22;1-4(6)3-5(2)7;/h4-5,7-14H,1-3H3;3,6H,1-2H3;/q-1;;/b;4-3-;. The van der Waals surface area contributed by atoms with Gasteiger partial charge in [0, 0.05) is 48.2 Å². The topological polar surface area (TPSA) is 89.4 Å². The van der Waals surface area contributed by atoms with Crippen molar-refractivity contribution in [2.24, 2.45) is 0 Å². The number of benzene rings is 2. The van der Waals surface area contributed by atoms with Crippen molar-refractivity contribution in [2.45, 2.75) is 34.6 Å². The molecule has 0 saturated carbocycles. The summed E-state index contributed by atoms with van der Waals surface area (Å²) in [5.41, 5.74) is 7.93. The van der Waals surface area contributed by atoms with Gasteiger partial charge in [-0.05, 0) is 70.6 Å². The van der Waals surface area contributed by atoms with Gasteiger partial charge in [0.05, 0.1) is 11.3 Å². The van der Waals surface area contributed by atoms with E-state index >= 15 is 0 Å². The third-order valence-electron chi connectivity index (χ3n) is 6.00. The van der Waals surface area contributed by atoms with Crippen LogP contribution in [0.5, 0.6) is 0 Å². The molecule has 0 amide bonds. The zero-order valence-corrected chi connectivity index (χ0v) is 24.6. The number of carbonyl (C=O) groups excluding carboxylic acids is 1. The molecule has 1 radical (unpaired) electrons. The van der Waals surface area contributed by atoms with Crippen LogP contribution in [0.4, 0.5) is 0 Å². The van der Waals surface area contributed by atoms with Crippen LogP contribution in [0.15, 0.2) is 81.3 Å². The first kappa shape index (κ1) is 28.0. The van der Waals surface area contributed by atoms with Crippen molar-refractivity contribution in [2.75, 3.05) is 0 Å². The molecule has 0 aliphatic rings. The summed E-state index contributed by atoms with van der Waals surface area (Å²) in [5.74, 6) is 0.754. The summed E-state index contributed by atoms with van der Waals surface area (Å²) in [6.45, 7) is 8.99. The zero-order chi connectivity index (χ0) is 27.0. The maximum atomic E-state index is 10.0. The number of furan rings is 2. The predicted octanol–water partition coefficient (Wildman–Crippen LogP) is 8.22. The Hall–Kier alpha value is -4.06. The van der Waals surface area contributed by atoms with Crippen molar-refractivity contribution in [3.63, 3.8) is 0 Å². The number of carbonyl (C=O) groups is 1. The second kappa shape index (κ2) is 11.4. The van der Waals surface area contributed by atoms with Crippen LogP contribution in [0.2, 0.25) is 0 Å². The van der Waals surface area contributed by atoms with Crippen molar-refractivity contribution >= 4 is 39.0 Å². The molecule has 0 aliphatic carbocycles. The van der Waals surface area contributed by atoms with Crippen LogP contribution in [0, 0.1) is 26.8 Å². The Morgan fingerprint density at radius 2 is 1.62 bits per heavy atom. The Kier molecular flexibility index (Phi) is 8.14. The summed E-state index contributed by atoms with van der Waals surface area (Å²) in [4.78, 5) is 19.3. The molecule has 1 N–H and O–H groups in total. The Bertz CT molecular complexity index is 1840. The fourth-order valence-corrected chi connectivity index (χ4v) is 4.52. The average Bonchev–Trinajstić information content (AvgIpc) is 3.43. The third kappa shape index (κ3) is 6.00. The van der Waals surface area contributed by atoms with Crippen LogP contribution in [0.3, 0.4) is 0 Å². The van der Waals surface area contributed by atoms with Gasteiger partial charge < -0.3 is 13.9 Å². The minimum absolute atomic E-state index is 0. The molecular formula is C32H27IrN2O4-. The Morgan fingerprint density at radius 3 is 2.28 bits per heavy atom. The fraction of sp³-hybridized carbons (Fsp3) is 0.156. The first-order chi connectivity index (χ1) is 18.2. The number of rotatable bonds is 3. The van der Waals surface area contributed by atoms with E-state index in [4.69, 9.17) is 18.9 Å². The summed E-state index contributed by atoms with van der Waals surface area (Å²) in [6.07, 6.45) is 1.17. The van der Waals surface area contributed by atoms with E-state index < -0.39 is 0 Å². The van der Waals surface area contributed by atoms with E-state index in [0.29, 0.717) is 11.4 Å². The van der Waals surface area contributed by atoms with Crippen LogP contribution >= 0.6 is 0 Å². The van der Waals surface area contributed by atoms with Crippen molar-refractivity contribution < 1.29 is 38.8 Å². The van der Waals surface area contributed by atoms with E-state index in [9.17, 15) is 4.79 Å².